The highest BCUT2D eigenvalue weighted by atomic mass is 35.5. The zero-order valence-corrected chi connectivity index (χ0v) is 24.1. The SMILES string of the molecule is CC1(N2CCN(c3ncc(C(=O)NCC4CCCCC4)cc3Cl)CC2)CCN(Cc2ccc(Cl)cc2)CC1.[HH]. The highest BCUT2D eigenvalue weighted by Gasteiger charge is 2.37. The Labute approximate surface area is 239 Å². The number of amides is 1. The van der Waals surface area contributed by atoms with E-state index >= 15 is 0 Å². The smallest absolute Gasteiger partial charge is 0.252 e. The van der Waals surface area contributed by atoms with E-state index in [0.29, 0.717) is 16.5 Å². The lowest BCUT2D eigenvalue weighted by atomic mass is 9.87. The third kappa shape index (κ3) is 6.82. The Morgan fingerprint density at radius 1 is 1.03 bits per heavy atom. The molecule has 6 nitrogen and oxygen atoms in total. The summed E-state index contributed by atoms with van der Waals surface area (Å²) in [5.41, 5.74) is 2.09. The number of anilines is 1. The van der Waals surface area contributed by atoms with Crippen LogP contribution in [0, 0.1) is 5.92 Å². The molecule has 1 saturated carbocycles. The molecular weight excluding hydrogens is 517 g/mol. The van der Waals surface area contributed by atoms with Crippen molar-refractivity contribution in [3.8, 4) is 0 Å². The lowest BCUT2D eigenvalue weighted by Gasteiger charge is -2.50. The van der Waals surface area contributed by atoms with Gasteiger partial charge in [-0.15, -0.1) is 0 Å². The molecule has 1 aliphatic carbocycles. The average Bonchev–Trinajstić information content (AvgIpc) is 2.95. The average molecular weight is 561 g/mol. The van der Waals surface area contributed by atoms with Crippen LogP contribution < -0.4 is 10.2 Å². The largest absolute Gasteiger partial charge is 0.353 e. The summed E-state index contributed by atoms with van der Waals surface area (Å²) in [7, 11) is 0. The van der Waals surface area contributed by atoms with Gasteiger partial charge in [0.25, 0.3) is 5.91 Å². The number of pyridine rings is 1. The van der Waals surface area contributed by atoms with E-state index in [2.05, 4.69) is 44.1 Å². The summed E-state index contributed by atoms with van der Waals surface area (Å²) in [6, 6.07) is 10.00. The van der Waals surface area contributed by atoms with Gasteiger partial charge in [-0.05, 0) is 62.3 Å². The molecule has 0 atom stereocenters. The maximum atomic E-state index is 12.7. The summed E-state index contributed by atoms with van der Waals surface area (Å²) in [6.45, 7) is 10.2. The zero-order chi connectivity index (χ0) is 26.5. The molecule has 8 heteroatoms. The molecule has 0 spiro atoms. The van der Waals surface area contributed by atoms with Gasteiger partial charge in [0.05, 0.1) is 10.6 Å². The molecule has 0 bridgehead atoms. The number of benzene rings is 1. The summed E-state index contributed by atoms with van der Waals surface area (Å²) in [6.07, 6.45) is 10.3. The molecule has 0 radical (unpaired) electrons. The molecule has 2 aliphatic heterocycles. The fourth-order valence-corrected chi connectivity index (χ4v) is 6.74. The second-order valence-electron chi connectivity index (χ2n) is 11.6. The predicted molar refractivity (Wildman–Crippen MR) is 158 cm³/mol. The minimum atomic E-state index is -0.0725. The summed E-state index contributed by atoms with van der Waals surface area (Å²) >= 11 is 12.7. The Balaban J connectivity index is 0.00000353. The molecule has 3 fully saturated rings. The second-order valence-corrected chi connectivity index (χ2v) is 12.5. The van der Waals surface area contributed by atoms with Crippen LogP contribution in [0.1, 0.15) is 69.2 Å². The van der Waals surface area contributed by atoms with Crippen molar-refractivity contribution in [2.24, 2.45) is 5.92 Å². The maximum Gasteiger partial charge on any atom is 0.252 e. The quantitative estimate of drug-likeness (QED) is 0.442. The van der Waals surface area contributed by atoms with E-state index in [9.17, 15) is 4.79 Å². The number of piperidine rings is 1. The molecule has 1 aromatic heterocycles. The van der Waals surface area contributed by atoms with Crippen molar-refractivity contribution in [3.63, 3.8) is 0 Å². The number of halogens is 2. The van der Waals surface area contributed by atoms with Gasteiger partial charge < -0.3 is 10.2 Å². The number of carbonyl (C=O) groups is 1. The number of aromatic nitrogens is 1. The number of nitrogens with one attached hydrogen (secondary N) is 1. The topological polar surface area (TPSA) is 51.7 Å². The molecule has 3 aliphatic rings. The fourth-order valence-electron chi connectivity index (χ4n) is 6.33. The van der Waals surface area contributed by atoms with Gasteiger partial charge in [-0.2, -0.15) is 0 Å². The molecule has 1 N–H and O–H groups in total. The van der Waals surface area contributed by atoms with E-state index in [4.69, 9.17) is 23.2 Å². The predicted octanol–water partition coefficient (Wildman–Crippen LogP) is 6.12. The molecule has 1 amide bonds. The molecule has 2 aromatic rings. The van der Waals surface area contributed by atoms with Crippen molar-refractivity contribution in [2.75, 3.05) is 50.7 Å². The molecule has 38 heavy (non-hydrogen) atoms. The van der Waals surface area contributed by atoms with E-state index in [1.807, 2.05) is 12.1 Å². The van der Waals surface area contributed by atoms with Crippen molar-refractivity contribution in [2.45, 2.75) is 64.0 Å². The molecule has 208 valence electrons. The molecule has 0 unspecified atom stereocenters. The number of hydrogen-bond donors (Lipinski definition) is 1. The van der Waals surface area contributed by atoms with Gasteiger partial charge in [-0.25, -0.2) is 4.98 Å². The van der Waals surface area contributed by atoms with Crippen molar-refractivity contribution >= 4 is 34.9 Å². The molecule has 1 aromatic carbocycles. The van der Waals surface area contributed by atoms with Crippen LogP contribution in [0.2, 0.25) is 10.0 Å². The monoisotopic (exact) mass is 559 g/mol. The van der Waals surface area contributed by atoms with E-state index in [-0.39, 0.29) is 12.9 Å². The molecular formula is C30H43Cl2N5O. The van der Waals surface area contributed by atoms with Gasteiger partial charge in [0.2, 0.25) is 0 Å². The Hall–Kier alpha value is -1.86. The Kier molecular flexibility index (Phi) is 9.14. The number of piperazine rings is 1. The fraction of sp³-hybridized carbons (Fsp3) is 0.600. The first-order valence-electron chi connectivity index (χ1n) is 14.3. The highest BCUT2D eigenvalue weighted by Crippen LogP contribution is 2.32. The Morgan fingerprint density at radius 2 is 1.71 bits per heavy atom. The minimum Gasteiger partial charge on any atom is -0.353 e. The summed E-state index contributed by atoms with van der Waals surface area (Å²) in [4.78, 5) is 24.8. The lowest BCUT2D eigenvalue weighted by molar-refractivity contribution is 0.0278. The Morgan fingerprint density at radius 3 is 2.37 bits per heavy atom. The first-order chi connectivity index (χ1) is 18.4. The normalized spacial score (nSPS) is 21.4. The van der Waals surface area contributed by atoms with Crippen LogP contribution in [0.3, 0.4) is 0 Å². The Bertz CT molecular complexity index is 1080. The minimum absolute atomic E-state index is 0. The van der Waals surface area contributed by atoms with E-state index < -0.39 is 0 Å². The zero-order valence-electron chi connectivity index (χ0n) is 22.6. The summed E-state index contributed by atoms with van der Waals surface area (Å²) < 4.78 is 0. The van der Waals surface area contributed by atoms with Crippen molar-refractivity contribution < 1.29 is 6.22 Å². The first kappa shape index (κ1) is 27.7. The van der Waals surface area contributed by atoms with Crippen LogP contribution >= 0.6 is 23.2 Å². The number of likely N-dealkylation sites (tertiary alicyclic amines) is 1. The summed E-state index contributed by atoms with van der Waals surface area (Å²) in [5, 5.41) is 4.45. The maximum absolute atomic E-state index is 12.7. The third-order valence-electron chi connectivity index (χ3n) is 8.96. The number of carbonyl (C=O) groups excluding carboxylic acids is 1. The van der Waals surface area contributed by atoms with E-state index in [1.54, 1.807) is 12.3 Å². The van der Waals surface area contributed by atoms with Gasteiger partial charge in [0.15, 0.2) is 0 Å². The van der Waals surface area contributed by atoms with Gasteiger partial charge in [-0.3, -0.25) is 14.6 Å². The summed E-state index contributed by atoms with van der Waals surface area (Å²) in [5.74, 6) is 1.32. The highest BCUT2D eigenvalue weighted by molar-refractivity contribution is 6.33. The van der Waals surface area contributed by atoms with Crippen molar-refractivity contribution in [3.05, 3.63) is 57.7 Å². The third-order valence-corrected chi connectivity index (χ3v) is 9.49. The van der Waals surface area contributed by atoms with E-state index in [0.717, 1.165) is 63.2 Å². The number of rotatable bonds is 7. The standard InChI is InChI=1S/C30H41Cl2N5O.H2/c1-30(11-13-35(14-12-30)22-24-7-9-26(31)10-8-24)37-17-15-36(16-18-37)28-27(32)19-25(21-33-28)29(38)34-20-23-5-3-2-4-6-23;/h7-10,19,21,23H,2-6,11-18,20,22H2,1H3,(H,34,38);1H. The molecule has 5 rings (SSSR count). The van der Waals surface area contributed by atoms with Gasteiger partial charge >= 0.3 is 0 Å². The van der Waals surface area contributed by atoms with Crippen molar-refractivity contribution in [1.82, 2.24) is 20.1 Å². The van der Waals surface area contributed by atoms with Crippen LogP contribution in [0.5, 0.6) is 0 Å². The van der Waals surface area contributed by atoms with Crippen LogP contribution in [0.15, 0.2) is 36.5 Å². The van der Waals surface area contributed by atoms with E-state index in [1.165, 1.54) is 50.5 Å². The van der Waals surface area contributed by atoms with Gasteiger partial charge in [0.1, 0.15) is 5.82 Å². The van der Waals surface area contributed by atoms with Gasteiger partial charge in [0, 0.05) is 70.5 Å². The van der Waals surface area contributed by atoms with Crippen LogP contribution in [0.4, 0.5) is 5.82 Å². The van der Waals surface area contributed by atoms with Gasteiger partial charge in [-0.1, -0.05) is 54.6 Å². The van der Waals surface area contributed by atoms with Crippen LogP contribution in [0.25, 0.3) is 0 Å². The second kappa shape index (κ2) is 12.5. The van der Waals surface area contributed by atoms with Crippen LogP contribution in [-0.2, 0) is 6.54 Å². The lowest BCUT2D eigenvalue weighted by Crippen LogP contribution is -2.59. The van der Waals surface area contributed by atoms with Crippen LogP contribution in [-0.4, -0.2) is 72.0 Å². The molecule has 3 heterocycles. The number of hydrogen-bond acceptors (Lipinski definition) is 5. The van der Waals surface area contributed by atoms with Crippen molar-refractivity contribution in [1.29, 1.82) is 0 Å². The molecule has 2 saturated heterocycles. The number of nitrogens with zero attached hydrogens (tertiary/aromatic N) is 4. The first-order valence-corrected chi connectivity index (χ1v) is 15.1.